The Morgan fingerprint density at radius 3 is 2.17 bits per heavy atom. The van der Waals surface area contributed by atoms with Gasteiger partial charge in [-0.15, -0.1) is 0 Å². The maximum Gasteiger partial charge on any atom is 0.268 e. The Morgan fingerprint density at radius 2 is 1.54 bits per heavy atom. The molecule has 35 heavy (non-hydrogen) atoms. The topological polar surface area (TPSA) is 94.2 Å². The van der Waals surface area contributed by atoms with Crippen LogP contribution in [0.3, 0.4) is 0 Å². The molecular weight excluding hydrogens is 468 g/mol. The fourth-order valence-corrected chi connectivity index (χ4v) is 5.18. The lowest BCUT2D eigenvalue weighted by molar-refractivity contribution is -0.114. The van der Waals surface area contributed by atoms with Gasteiger partial charge in [-0.25, -0.2) is 8.42 Å². The summed E-state index contributed by atoms with van der Waals surface area (Å²) in [7, 11) is 0.242. The van der Waals surface area contributed by atoms with E-state index in [1.165, 1.54) is 27.4 Å². The summed E-state index contributed by atoms with van der Waals surface area (Å²) in [4.78, 5) is 13.1. The number of amides is 1. The number of carbonyl (C=O) groups is 1. The van der Waals surface area contributed by atoms with Crippen molar-refractivity contribution in [2.75, 3.05) is 37.5 Å². The Kier molecular flexibility index (Phi) is 7.91. The molecule has 8 nitrogen and oxygen atoms in total. The maximum atomic E-state index is 13.9. The van der Waals surface area contributed by atoms with Gasteiger partial charge in [0, 0.05) is 6.07 Å². The van der Waals surface area contributed by atoms with Crippen molar-refractivity contribution in [3.05, 3.63) is 71.3 Å². The molecule has 186 valence electrons. The average Bonchev–Trinajstić information content (AvgIpc) is 2.84. The summed E-state index contributed by atoms with van der Waals surface area (Å²) in [5, 5.41) is 2.75. The molecule has 0 fully saturated rings. The first-order valence-electron chi connectivity index (χ1n) is 10.9. The van der Waals surface area contributed by atoms with Crippen LogP contribution in [0, 0.1) is 20.8 Å². The average molecular weight is 499 g/mol. The maximum absolute atomic E-state index is 13.9. The zero-order valence-electron chi connectivity index (χ0n) is 20.7. The summed E-state index contributed by atoms with van der Waals surface area (Å²) in [5.41, 5.74) is 3.41. The lowest BCUT2D eigenvalue weighted by Gasteiger charge is -2.26. The number of aryl methyl sites for hydroxylation is 3. The van der Waals surface area contributed by atoms with Gasteiger partial charge < -0.3 is 19.5 Å². The van der Waals surface area contributed by atoms with Gasteiger partial charge in [0.1, 0.15) is 28.7 Å². The second kappa shape index (κ2) is 10.7. The van der Waals surface area contributed by atoms with E-state index in [0.29, 0.717) is 22.9 Å². The Bertz CT molecular complexity index is 1340. The summed E-state index contributed by atoms with van der Waals surface area (Å²) in [5.74, 6) is 0.605. The van der Waals surface area contributed by atoms with Crippen molar-refractivity contribution < 1.29 is 27.4 Å². The van der Waals surface area contributed by atoms with E-state index in [1.54, 1.807) is 49.4 Å². The number of anilines is 2. The second-order valence-electron chi connectivity index (χ2n) is 8.05. The first-order valence-corrected chi connectivity index (χ1v) is 12.3. The Hall–Kier alpha value is -3.72. The molecule has 0 spiro atoms. The lowest BCUT2D eigenvalue weighted by Crippen LogP contribution is -2.38. The molecule has 9 heteroatoms. The second-order valence-corrected chi connectivity index (χ2v) is 9.88. The van der Waals surface area contributed by atoms with Crippen LogP contribution in [0.1, 0.15) is 16.7 Å². The summed E-state index contributed by atoms with van der Waals surface area (Å²) >= 11 is 0. The van der Waals surface area contributed by atoms with Crippen LogP contribution in [0.25, 0.3) is 0 Å². The van der Waals surface area contributed by atoms with E-state index in [-0.39, 0.29) is 10.6 Å². The van der Waals surface area contributed by atoms with E-state index in [9.17, 15) is 13.2 Å². The first kappa shape index (κ1) is 25.9. The molecule has 0 aliphatic rings. The van der Waals surface area contributed by atoms with Gasteiger partial charge in [-0.05, 0) is 73.9 Å². The van der Waals surface area contributed by atoms with Gasteiger partial charge in [-0.2, -0.15) is 0 Å². The highest BCUT2D eigenvalue weighted by Crippen LogP contribution is 2.33. The number of benzene rings is 3. The van der Waals surface area contributed by atoms with Gasteiger partial charge in [0.25, 0.3) is 10.0 Å². The summed E-state index contributed by atoms with van der Waals surface area (Å²) in [6, 6.07) is 15.1. The molecule has 0 saturated carbocycles. The third-order valence-electron chi connectivity index (χ3n) is 5.64. The van der Waals surface area contributed by atoms with Crippen molar-refractivity contribution >= 4 is 27.3 Å². The van der Waals surface area contributed by atoms with Crippen molar-refractivity contribution in [1.82, 2.24) is 0 Å². The molecule has 0 bridgehead atoms. The number of methoxy groups -OCH3 is 3. The molecule has 0 aliphatic carbocycles. The fraction of sp³-hybridized carbons (Fsp3) is 0.269. The quantitative estimate of drug-likeness (QED) is 0.468. The van der Waals surface area contributed by atoms with E-state index >= 15 is 0 Å². The number of rotatable bonds is 9. The number of hydrogen-bond donors (Lipinski definition) is 1. The SMILES string of the molecule is COc1ccc(NC(=O)CN(c2ccc(C)c(C)c2)S(=O)(=O)c2cc(C)ccc2OC)c(OC)c1. The number of carbonyl (C=O) groups excluding carboxylic acids is 1. The largest absolute Gasteiger partial charge is 0.497 e. The fourth-order valence-electron chi connectivity index (χ4n) is 3.52. The van der Waals surface area contributed by atoms with Crippen LogP contribution in [0.5, 0.6) is 17.2 Å². The van der Waals surface area contributed by atoms with E-state index in [0.717, 1.165) is 21.0 Å². The van der Waals surface area contributed by atoms with Crippen LogP contribution in [-0.4, -0.2) is 42.2 Å². The summed E-state index contributed by atoms with van der Waals surface area (Å²) < 4.78 is 44.7. The molecular formula is C26H30N2O6S. The highest BCUT2D eigenvalue weighted by atomic mass is 32.2. The minimum Gasteiger partial charge on any atom is -0.497 e. The highest BCUT2D eigenvalue weighted by Gasteiger charge is 2.30. The van der Waals surface area contributed by atoms with Gasteiger partial charge >= 0.3 is 0 Å². The zero-order valence-corrected chi connectivity index (χ0v) is 21.5. The number of hydrogen-bond acceptors (Lipinski definition) is 6. The van der Waals surface area contributed by atoms with Gasteiger partial charge in [-0.3, -0.25) is 9.10 Å². The Labute approximate surface area is 206 Å². The molecule has 3 rings (SSSR count). The van der Waals surface area contributed by atoms with Gasteiger partial charge in [0.2, 0.25) is 5.91 Å². The van der Waals surface area contributed by atoms with Crippen LogP contribution in [0.4, 0.5) is 11.4 Å². The van der Waals surface area contributed by atoms with E-state index in [4.69, 9.17) is 14.2 Å². The van der Waals surface area contributed by atoms with Crippen LogP contribution in [0.15, 0.2) is 59.5 Å². The van der Waals surface area contributed by atoms with Gasteiger partial charge in [0.15, 0.2) is 0 Å². The normalized spacial score (nSPS) is 11.0. The molecule has 0 aromatic heterocycles. The number of nitrogens with one attached hydrogen (secondary N) is 1. The van der Waals surface area contributed by atoms with E-state index in [2.05, 4.69) is 5.32 Å². The molecule has 0 unspecified atom stereocenters. The number of sulfonamides is 1. The standard InChI is InChI=1S/C26H30N2O6S/c1-17-7-12-23(33-5)25(13-17)35(30,31)28(20-9-8-18(2)19(3)14-20)16-26(29)27-22-11-10-21(32-4)15-24(22)34-6/h7-15H,16H2,1-6H3,(H,27,29). The minimum atomic E-state index is -4.17. The van der Waals surface area contributed by atoms with Gasteiger partial charge in [-0.1, -0.05) is 12.1 Å². The third kappa shape index (κ3) is 5.68. The molecule has 0 aliphatic heterocycles. The lowest BCUT2D eigenvalue weighted by atomic mass is 10.1. The van der Waals surface area contributed by atoms with Crippen LogP contribution < -0.4 is 23.8 Å². The third-order valence-corrected chi connectivity index (χ3v) is 7.43. The Balaban J connectivity index is 2.04. The van der Waals surface area contributed by atoms with Crippen LogP contribution in [-0.2, 0) is 14.8 Å². The smallest absolute Gasteiger partial charge is 0.268 e. The Morgan fingerprint density at radius 1 is 0.829 bits per heavy atom. The number of nitrogens with zero attached hydrogens (tertiary/aromatic N) is 1. The first-order chi connectivity index (χ1) is 16.6. The molecule has 1 N–H and O–H groups in total. The predicted octanol–water partition coefficient (Wildman–Crippen LogP) is 4.47. The highest BCUT2D eigenvalue weighted by molar-refractivity contribution is 7.93. The van der Waals surface area contributed by atoms with Crippen LogP contribution in [0.2, 0.25) is 0 Å². The van der Waals surface area contributed by atoms with Crippen molar-refractivity contribution in [1.29, 1.82) is 0 Å². The summed E-state index contributed by atoms with van der Waals surface area (Å²) in [6.45, 7) is 5.15. The van der Waals surface area contributed by atoms with E-state index in [1.807, 2.05) is 19.9 Å². The van der Waals surface area contributed by atoms with Gasteiger partial charge in [0.05, 0.1) is 32.7 Å². The molecule has 3 aromatic rings. The molecule has 3 aromatic carbocycles. The monoisotopic (exact) mass is 498 g/mol. The molecule has 0 heterocycles. The van der Waals surface area contributed by atoms with E-state index < -0.39 is 22.5 Å². The minimum absolute atomic E-state index is 0.0203. The summed E-state index contributed by atoms with van der Waals surface area (Å²) in [6.07, 6.45) is 0. The molecule has 0 radical (unpaired) electrons. The van der Waals surface area contributed by atoms with Crippen molar-refractivity contribution in [2.24, 2.45) is 0 Å². The van der Waals surface area contributed by atoms with Crippen molar-refractivity contribution in [2.45, 2.75) is 25.7 Å². The predicted molar refractivity (Wildman–Crippen MR) is 136 cm³/mol. The van der Waals surface area contributed by atoms with Crippen molar-refractivity contribution in [3.63, 3.8) is 0 Å². The molecule has 0 atom stereocenters. The van der Waals surface area contributed by atoms with Crippen LogP contribution >= 0.6 is 0 Å². The number of ether oxygens (including phenoxy) is 3. The zero-order chi connectivity index (χ0) is 25.8. The molecule has 1 amide bonds. The molecule has 0 saturated heterocycles. The van der Waals surface area contributed by atoms with Crippen molar-refractivity contribution in [3.8, 4) is 17.2 Å².